The number of hydrazone groups is 1. The molecule has 0 bridgehead atoms. The zero-order chi connectivity index (χ0) is 21.4. The molecule has 0 radical (unpaired) electrons. The second kappa shape index (κ2) is 10.3. The van der Waals surface area contributed by atoms with Gasteiger partial charge in [-0.05, 0) is 19.9 Å². The van der Waals surface area contributed by atoms with Gasteiger partial charge in [0.2, 0.25) is 5.91 Å². The summed E-state index contributed by atoms with van der Waals surface area (Å²) < 4.78 is 11.3. The number of carbonyl (C=O) groups excluding carboxylic acids is 3. The highest BCUT2D eigenvalue weighted by molar-refractivity contribution is 5.98. The average Bonchev–Trinajstić information content (AvgIpc) is 3.11. The molecular weight excluding hydrogens is 382 g/mol. The molecule has 11 heteroatoms. The third-order valence-corrected chi connectivity index (χ3v) is 4.39. The first-order chi connectivity index (χ1) is 13.8. The van der Waals surface area contributed by atoms with Crippen LogP contribution in [0.15, 0.2) is 22.2 Å². The number of hydrogen-bond donors (Lipinski definition) is 2. The topological polar surface area (TPSA) is 155 Å². The molecule has 1 aliphatic rings. The number of ether oxygens (including phenoxy) is 2. The first-order valence-corrected chi connectivity index (χ1v) is 9.36. The van der Waals surface area contributed by atoms with Crippen molar-refractivity contribution in [3.05, 3.63) is 22.7 Å². The number of esters is 2. The van der Waals surface area contributed by atoms with Crippen LogP contribution in [0.4, 0.5) is 5.82 Å². The second-order valence-electron chi connectivity index (χ2n) is 6.42. The molecule has 0 aliphatic heterocycles. The number of hydrogen-bond acceptors (Lipinski definition) is 9. The molecule has 0 aromatic carbocycles. The maximum Gasteiger partial charge on any atom is 0.349 e. The van der Waals surface area contributed by atoms with Gasteiger partial charge in [0.1, 0.15) is 5.82 Å². The van der Waals surface area contributed by atoms with E-state index >= 15 is 0 Å². The van der Waals surface area contributed by atoms with Crippen LogP contribution in [-0.2, 0) is 30.4 Å². The lowest BCUT2D eigenvalue weighted by Crippen LogP contribution is -2.28. The number of aromatic nitrogens is 2. The number of rotatable bonds is 8. The number of amides is 1. The zero-order valence-electron chi connectivity index (χ0n) is 16.4. The molecule has 2 rings (SSSR count). The number of nitrogen functional groups attached to an aromatic ring is 1. The van der Waals surface area contributed by atoms with Crippen LogP contribution in [0.25, 0.3) is 0 Å². The Morgan fingerprint density at radius 1 is 1.21 bits per heavy atom. The van der Waals surface area contributed by atoms with Crippen LogP contribution in [0.5, 0.6) is 0 Å². The van der Waals surface area contributed by atoms with Crippen LogP contribution >= 0.6 is 0 Å². The first kappa shape index (κ1) is 22.1. The Kier molecular flexibility index (Phi) is 7.87. The zero-order valence-corrected chi connectivity index (χ0v) is 16.4. The molecule has 1 aliphatic carbocycles. The van der Waals surface area contributed by atoms with E-state index in [9.17, 15) is 19.2 Å². The van der Waals surface area contributed by atoms with E-state index in [4.69, 9.17) is 15.2 Å². The molecule has 0 spiro atoms. The molecule has 2 atom stereocenters. The quantitative estimate of drug-likeness (QED) is 0.445. The van der Waals surface area contributed by atoms with E-state index in [2.05, 4.69) is 15.5 Å². The number of anilines is 1. The summed E-state index contributed by atoms with van der Waals surface area (Å²) in [5, 5.41) is 4.04. The number of aryl methyl sites for hydroxylation is 1. The van der Waals surface area contributed by atoms with Gasteiger partial charge in [-0.15, -0.1) is 0 Å². The molecule has 0 saturated heterocycles. The van der Waals surface area contributed by atoms with Gasteiger partial charge in [-0.25, -0.2) is 10.2 Å². The van der Waals surface area contributed by atoms with Crippen molar-refractivity contribution < 1.29 is 23.9 Å². The molecule has 158 valence electrons. The predicted molar refractivity (Wildman–Crippen MR) is 103 cm³/mol. The molecule has 1 amide bonds. The summed E-state index contributed by atoms with van der Waals surface area (Å²) in [6, 6.07) is 1.46. The minimum atomic E-state index is -0.691. The fourth-order valence-corrected chi connectivity index (χ4v) is 2.99. The molecule has 1 aromatic heterocycles. The lowest BCUT2D eigenvalue weighted by atomic mass is 9.96. The maximum absolute atomic E-state index is 12.1. The van der Waals surface area contributed by atoms with Crippen molar-refractivity contribution in [1.29, 1.82) is 0 Å². The summed E-state index contributed by atoms with van der Waals surface area (Å²) in [5.41, 5.74) is 7.76. The average molecular weight is 407 g/mol. The second-order valence-corrected chi connectivity index (χ2v) is 6.42. The van der Waals surface area contributed by atoms with Gasteiger partial charge in [-0.2, -0.15) is 10.1 Å². The Labute approximate surface area is 167 Å². The lowest BCUT2D eigenvalue weighted by molar-refractivity contribution is -0.158. The van der Waals surface area contributed by atoms with Gasteiger partial charge in [0.15, 0.2) is 0 Å². The third-order valence-electron chi connectivity index (χ3n) is 4.39. The summed E-state index contributed by atoms with van der Waals surface area (Å²) in [5.74, 6) is -2.67. The summed E-state index contributed by atoms with van der Waals surface area (Å²) in [6.45, 7) is 3.88. The largest absolute Gasteiger partial charge is 0.466 e. The van der Waals surface area contributed by atoms with E-state index in [1.54, 1.807) is 13.8 Å². The van der Waals surface area contributed by atoms with E-state index in [-0.39, 0.29) is 44.8 Å². The molecule has 29 heavy (non-hydrogen) atoms. The number of carbonyl (C=O) groups is 3. The minimum absolute atomic E-state index is 0.00903. The smallest absolute Gasteiger partial charge is 0.349 e. The Morgan fingerprint density at radius 3 is 2.31 bits per heavy atom. The van der Waals surface area contributed by atoms with Crippen molar-refractivity contribution in [3.8, 4) is 0 Å². The monoisotopic (exact) mass is 407 g/mol. The van der Waals surface area contributed by atoms with Gasteiger partial charge >= 0.3 is 17.6 Å². The Morgan fingerprint density at radius 2 is 1.79 bits per heavy atom. The summed E-state index contributed by atoms with van der Waals surface area (Å²) in [6.07, 6.45) is 1.84. The molecule has 0 unspecified atom stereocenters. The minimum Gasteiger partial charge on any atom is -0.466 e. The summed E-state index contributed by atoms with van der Waals surface area (Å²) in [7, 11) is 0. The Bertz CT molecular complexity index is 821. The number of nitrogens with two attached hydrogens (primary N) is 1. The standard InChI is InChI=1S/C18H25N5O6/c1-3-28-16(25)12-9-11(10-13(12)17(26)29-4-2)21-22-15(24)6-8-23-7-5-14(19)20-18(23)27/h5,7,12-13H,3-4,6,8-10H2,1-2H3,(H,22,24)(H2,19,20,27)/t12-,13-/m1/s1. The summed E-state index contributed by atoms with van der Waals surface area (Å²) >= 11 is 0. The highest BCUT2D eigenvalue weighted by Gasteiger charge is 2.43. The van der Waals surface area contributed by atoms with E-state index in [1.165, 1.54) is 16.8 Å². The fourth-order valence-electron chi connectivity index (χ4n) is 2.99. The molecular formula is C18H25N5O6. The van der Waals surface area contributed by atoms with Crippen LogP contribution < -0.4 is 16.8 Å². The Hall–Kier alpha value is -3.24. The van der Waals surface area contributed by atoms with Crippen molar-refractivity contribution in [2.24, 2.45) is 16.9 Å². The van der Waals surface area contributed by atoms with Crippen LogP contribution in [0.3, 0.4) is 0 Å². The van der Waals surface area contributed by atoms with Crippen molar-refractivity contribution in [2.75, 3.05) is 18.9 Å². The van der Waals surface area contributed by atoms with Crippen molar-refractivity contribution in [1.82, 2.24) is 15.0 Å². The molecule has 1 saturated carbocycles. The van der Waals surface area contributed by atoms with Crippen molar-refractivity contribution >= 4 is 29.4 Å². The highest BCUT2D eigenvalue weighted by atomic mass is 16.5. The van der Waals surface area contributed by atoms with Gasteiger partial charge in [-0.1, -0.05) is 0 Å². The van der Waals surface area contributed by atoms with Gasteiger partial charge in [0.25, 0.3) is 0 Å². The van der Waals surface area contributed by atoms with Gasteiger partial charge in [0, 0.05) is 37.7 Å². The number of nitrogens with zero attached hydrogens (tertiary/aromatic N) is 3. The van der Waals surface area contributed by atoms with Crippen LogP contribution in [0.2, 0.25) is 0 Å². The van der Waals surface area contributed by atoms with Crippen molar-refractivity contribution in [3.63, 3.8) is 0 Å². The third kappa shape index (κ3) is 6.13. The van der Waals surface area contributed by atoms with E-state index in [0.29, 0.717) is 5.71 Å². The predicted octanol–water partition coefficient (Wildman–Crippen LogP) is -0.160. The maximum atomic E-state index is 12.1. The van der Waals surface area contributed by atoms with E-state index in [1.807, 2.05) is 0 Å². The van der Waals surface area contributed by atoms with Crippen LogP contribution in [-0.4, -0.2) is 46.3 Å². The van der Waals surface area contributed by atoms with E-state index in [0.717, 1.165) is 0 Å². The SMILES string of the molecule is CCOC(=O)[C@@H]1CC(=NNC(=O)CCn2ccc(N)nc2=O)C[C@H]1C(=O)OCC. The Balaban J connectivity index is 1.96. The lowest BCUT2D eigenvalue weighted by Gasteiger charge is -2.15. The molecule has 1 fully saturated rings. The molecule has 1 heterocycles. The highest BCUT2D eigenvalue weighted by Crippen LogP contribution is 2.32. The van der Waals surface area contributed by atoms with Gasteiger partial charge in [-0.3, -0.25) is 19.0 Å². The molecule has 11 nitrogen and oxygen atoms in total. The normalized spacial score (nSPS) is 18.2. The number of nitrogens with one attached hydrogen (secondary N) is 1. The van der Waals surface area contributed by atoms with Gasteiger partial charge in [0.05, 0.1) is 25.0 Å². The van der Waals surface area contributed by atoms with E-state index < -0.39 is 35.4 Å². The summed E-state index contributed by atoms with van der Waals surface area (Å²) in [4.78, 5) is 51.5. The van der Waals surface area contributed by atoms with Gasteiger partial charge < -0.3 is 15.2 Å². The first-order valence-electron chi connectivity index (χ1n) is 9.36. The van der Waals surface area contributed by atoms with Crippen molar-refractivity contribution in [2.45, 2.75) is 39.7 Å². The molecule has 3 N–H and O–H groups in total. The molecule has 1 aromatic rings. The van der Waals surface area contributed by atoms with Crippen LogP contribution in [0.1, 0.15) is 33.1 Å². The fraction of sp³-hybridized carbons (Fsp3) is 0.556. The van der Waals surface area contributed by atoms with Crippen LogP contribution in [0, 0.1) is 11.8 Å².